The number of phenols is 4. The van der Waals surface area contributed by atoms with E-state index in [9.17, 15) is 20.4 Å². The third kappa shape index (κ3) is 5.62. The average Bonchev–Trinajstić information content (AvgIpc) is 3.59. The molecule has 9 aromatic rings. The lowest BCUT2D eigenvalue weighted by Crippen LogP contribution is -2.28. The Hall–Kier alpha value is -7.21. The van der Waals surface area contributed by atoms with Crippen molar-refractivity contribution in [3.8, 4) is 45.3 Å². The lowest BCUT2D eigenvalue weighted by atomic mass is 9.67. The van der Waals surface area contributed by atoms with E-state index in [0.29, 0.717) is 11.4 Å². The summed E-state index contributed by atoms with van der Waals surface area (Å²) in [5, 5.41) is 48.4. The molecule has 0 aromatic heterocycles. The zero-order valence-corrected chi connectivity index (χ0v) is 32.3. The van der Waals surface area contributed by atoms with Crippen molar-refractivity contribution in [2.45, 2.75) is 5.41 Å². The number of phenolic OH excluding ortho intramolecular Hbond substituents is 4. The first-order valence-electron chi connectivity index (χ1n) is 19.0. The Morgan fingerprint density at radius 3 is 1.72 bits per heavy atom. The number of hydrogen-bond donors (Lipinski definition) is 4. The van der Waals surface area contributed by atoms with Crippen LogP contribution in [0.2, 0.25) is 0 Å². The van der Waals surface area contributed by atoms with Crippen LogP contribution in [0.3, 0.4) is 0 Å². The van der Waals surface area contributed by atoms with E-state index in [1.165, 1.54) is 17.8 Å². The maximum atomic E-state index is 11.6. The summed E-state index contributed by atoms with van der Waals surface area (Å²) < 4.78 is 0. The zero-order valence-electron chi connectivity index (χ0n) is 31.5. The van der Waals surface area contributed by atoms with E-state index in [-0.39, 0.29) is 5.69 Å². The van der Waals surface area contributed by atoms with Gasteiger partial charge in [-0.05, 0) is 96.4 Å². The van der Waals surface area contributed by atoms with Gasteiger partial charge in [0.05, 0.1) is 11.1 Å². The van der Waals surface area contributed by atoms with Crippen LogP contribution in [0, 0.1) is 0 Å². The molecule has 0 saturated carbocycles. The van der Waals surface area contributed by atoms with Crippen LogP contribution in [0.5, 0.6) is 23.0 Å². The summed E-state index contributed by atoms with van der Waals surface area (Å²) in [6, 6.07) is 64.1. The Balaban J connectivity index is 0.00000215. The highest BCUT2D eigenvalue weighted by molar-refractivity contribution is 6.15. The molecule has 5 nitrogen and oxygen atoms in total. The molecular formula is C52H38ClNO4. The van der Waals surface area contributed by atoms with Crippen molar-refractivity contribution >= 4 is 50.2 Å². The molecule has 58 heavy (non-hydrogen) atoms. The van der Waals surface area contributed by atoms with E-state index in [1.807, 2.05) is 47.4 Å². The van der Waals surface area contributed by atoms with Crippen molar-refractivity contribution in [2.24, 2.45) is 0 Å². The van der Waals surface area contributed by atoms with Gasteiger partial charge in [0.2, 0.25) is 11.5 Å². The van der Waals surface area contributed by atoms with Crippen LogP contribution in [0.1, 0.15) is 22.3 Å². The van der Waals surface area contributed by atoms with E-state index >= 15 is 0 Å². The molecule has 0 radical (unpaired) electrons. The smallest absolute Gasteiger partial charge is 0.206 e. The van der Waals surface area contributed by atoms with Crippen molar-refractivity contribution in [1.29, 1.82) is 0 Å². The first kappa shape index (κ1) is 36.4. The fourth-order valence-electron chi connectivity index (χ4n) is 8.90. The molecule has 0 spiro atoms. The molecule has 0 unspecified atom stereocenters. The Morgan fingerprint density at radius 1 is 0.414 bits per heavy atom. The van der Waals surface area contributed by atoms with Crippen molar-refractivity contribution in [3.63, 3.8) is 0 Å². The summed E-state index contributed by atoms with van der Waals surface area (Å²) in [5.74, 6) is -2.73. The summed E-state index contributed by atoms with van der Waals surface area (Å²) in [4.78, 5) is 1.82. The molecule has 0 aliphatic heterocycles. The van der Waals surface area contributed by atoms with E-state index in [4.69, 9.17) is 0 Å². The minimum absolute atomic E-state index is 0.0961. The fraction of sp³-hybridized carbons (Fsp3) is 0.0385. The van der Waals surface area contributed by atoms with Gasteiger partial charge in [-0.1, -0.05) is 152 Å². The normalized spacial score (nSPS) is 12.4. The van der Waals surface area contributed by atoms with Crippen molar-refractivity contribution in [2.75, 3.05) is 11.3 Å². The number of aromatic hydroxyl groups is 4. The predicted octanol–water partition coefficient (Wildman–Crippen LogP) is 13.2. The van der Waals surface area contributed by atoms with Gasteiger partial charge >= 0.3 is 0 Å². The number of hydrogen-bond acceptors (Lipinski definition) is 5. The minimum atomic E-state index is -0.807. The quantitative estimate of drug-likeness (QED) is 0.0585. The minimum Gasteiger partial charge on any atom is -0.504 e. The molecule has 10 rings (SSSR count). The van der Waals surface area contributed by atoms with Gasteiger partial charge in [0.1, 0.15) is 0 Å². The summed E-state index contributed by atoms with van der Waals surface area (Å²) in [6.07, 6.45) is 1.47. The number of rotatable bonds is 6. The summed E-state index contributed by atoms with van der Waals surface area (Å²) >= 11 is 4.64. The number of benzene rings is 9. The van der Waals surface area contributed by atoms with Crippen LogP contribution in [-0.2, 0) is 5.41 Å². The van der Waals surface area contributed by atoms with Gasteiger partial charge in [0, 0.05) is 23.8 Å². The van der Waals surface area contributed by atoms with E-state index in [1.54, 1.807) is 0 Å². The van der Waals surface area contributed by atoms with E-state index < -0.39 is 28.4 Å². The van der Waals surface area contributed by atoms with Gasteiger partial charge < -0.3 is 25.3 Å². The standard InChI is InChI=1S/C51H35NO4.CH3Cl/c53-47-31-46(48(54)50(56)49(47)55)52(36-20-13-15-32(28-36)43-29-33-14-7-8-21-38(33)39-22-9-10-23-40(39)43)37-26-27-42-41-24-11-12-25-44(41)51(45(42)30-37,34-16-3-1-4-17-34)35-18-5-2-6-19-35;1-2/h1-31,53-56H;1H3. The largest absolute Gasteiger partial charge is 0.504 e. The molecular weight excluding hydrogens is 738 g/mol. The number of anilines is 3. The van der Waals surface area contributed by atoms with Gasteiger partial charge in [-0.3, -0.25) is 0 Å². The molecule has 0 bridgehead atoms. The van der Waals surface area contributed by atoms with Crippen LogP contribution < -0.4 is 4.90 Å². The number of nitrogens with zero attached hydrogens (tertiary/aromatic N) is 1. The van der Waals surface area contributed by atoms with Gasteiger partial charge in [-0.25, -0.2) is 0 Å². The lowest BCUT2D eigenvalue weighted by Gasteiger charge is -2.35. The van der Waals surface area contributed by atoms with Gasteiger partial charge in [0.15, 0.2) is 11.5 Å². The Bertz CT molecular complexity index is 2940. The van der Waals surface area contributed by atoms with Crippen molar-refractivity contribution in [1.82, 2.24) is 0 Å². The van der Waals surface area contributed by atoms with Gasteiger partial charge in [-0.15, -0.1) is 11.6 Å². The number of halogens is 1. The average molecular weight is 776 g/mol. The highest BCUT2D eigenvalue weighted by Gasteiger charge is 2.46. The second-order valence-corrected chi connectivity index (χ2v) is 14.3. The molecule has 0 saturated heterocycles. The van der Waals surface area contributed by atoms with Crippen LogP contribution in [-0.4, -0.2) is 26.8 Å². The molecule has 9 aromatic carbocycles. The molecule has 1 aliphatic carbocycles. The highest BCUT2D eigenvalue weighted by Crippen LogP contribution is 2.58. The summed E-state index contributed by atoms with van der Waals surface area (Å²) in [6.45, 7) is 0. The molecule has 0 amide bonds. The molecule has 282 valence electrons. The van der Waals surface area contributed by atoms with Gasteiger partial charge in [0.25, 0.3) is 0 Å². The van der Waals surface area contributed by atoms with Crippen molar-refractivity contribution in [3.05, 3.63) is 210 Å². The first-order valence-corrected chi connectivity index (χ1v) is 19.7. The first-order chi connectivity index (χ1) is 28.4. The monoisotopic (exact) mass is 775 g/mol. The molecule has 0 heterocycles. The second kappa shape index (κ2) is 14.7. The SMILES string of the molecule is CCl.Oc1cc(N(c2cccc(-c3cc4ccccc4c4ccccc34)c2)c2ccc3c(c2)C(c2ccccc2)(c2ccccc2)c2ccccc2-3)c(O)c(O)c1O. The summed E-state index contributed by atoms with van der Waals surface area (Å²) in [5.41, 5.74) is 9.34. The Kier molecular flexibility index (Phi) is 9.23. The van der Waals surface area contributed by atoms with Crippen LogP contribution in [0.15, 0.2) is 188 Å². The molecule has 0 atom stereocenters. The predicted molar refractivity (Wildman–Crippen MR) is 237 cm³/mol. The van der Waals surface area contributed by atoms with E-state index in [2.05, 4.69) is 151 Å². The van der Waals surface area contributed by atoms with Gasteiger partial charge in [-0.2, -0.15) is 0 Å². The molecule has 4 N–H and O–H groups in total. The third-order valence-electron chi connectivity index (χ3n) is 11.3. The van der Waals surface area contributed by atoms with Crippen LogP contribution in [0.25, 0.3) is 43.8 Å². The lowest BCUT2D eigenvalue weighted by molar-refractivity contribution is 0.346. The number of fused-ring (bicyclic) bond motifs is 6. The van der Waals surface area contributed by atoms with Crippen LogP contribution in [0.4, 0.5) is 17.1 Å². The summed E-state index contributed by atoms with van der Waals surface area (Å²) in [7, 11) is 0. The molecule has 1 aliphatic rings. The second-order valence-electron chi connectivity index (χ2n) is 14.3. The number of alkyl halides is 1. The maximum absolute atomic E-state index is 11.6. The third-order valence-corrected chi connectivity index (χ3v) is 11.3. The van der Waals surface area contributed by atoms with E-state index in [0.717, 1.165) is 60.7 Å². The Labute approximate surface area is 341 Å². The Morgan fingerprint density at radius 2 is 1.00 bits per heavy atom. The topological polar surface area (TPSA) is 84.2 Å². The molecule has 6 heteroatoms. The molecule has 0 fully saturated rings. The fourth-order valence-corrected chi connectivity index (χ4v) is 8.90. The van der Waals surface area contributed by atoms with Crippen LogP contribution >= 0.6 is 11.6 Å². The highest BCUT2D eigenvalue weighted by atomic mass is 35.5. The zero-order chi connectivity index (χ0) is 40.0. The van der Waals surface area contributed by atoms with Crippen molar-refractivity contribution < 1.29 is 20.4 Å². The maximum Gasteiger partial charge on any atom is 0.206 e.